The molecule has 0 saturated heterocycles. The fourth-order valence-corrected chi connectivity index (χ4v) is 8.33. The number of aromatic nitrogens is 2. The summed E-state index contributed by atoms with van der Waals surface area (Å²) in [5, 5.41) is 7.18. The van der Waals surface area contributed by atoms with Gasteiger partial charge < -0.3 is 13.6 Å². The first-order valence-corrected chi connectivity index (χ1v) is 17.4. The fraction of sp³-hybridized carbons (Fsp3) is 0. The second-order valence-electron chi connectivity index (χ2n) is 13.3. The molecule has 3 aromatic heterocycles. The van der Waals surface area contributed by atoms with Crippen molar-refractivity contribution < 1.29 is 4.42 Å². The van der Waals surface area contributed by atoms with Crippen LogP contribution in [0.1, 0.15) is 0 Å². The van der Waals surface area contributed by atoms with Gasteiger partial charge in [0.25, 0.3) is 0 Å². The number of furan rings is 1. The van der Waals surface area contributed by atoms with Crippen molar-refractivity contribution in [1.82, 2.24) is 9.13 Å². The smallest absolute Gasteiger partial charge is 0.137 e. The topological polar surface area (TPSA) is 23.0 Å². The molecule has 0 aliphatic rings. The summed E-state index contributed by atoms with van der Waals surface area (Å²) in [5.74, 6) is 0. The molecule has 3 nitrogen and oxygen atoms in total. The number of benzene rings is 8. The molecule has 0 saturated carbocycles. The van der Waals surface area contributed by atoms with Crippen LogP contribution in [-0.2, 0) is 0 Å². The maximum atomic E-state index is 6.55. The lowest BCUT2D eigenvalue weighted by Gasteiger charge is -2.12. The molecular weight excluding hydrogens is 621 g/mol. The normalized spacial score (nSPS) is 11.9. The Morgan fingerprint density at radius 3 is 1.65 bits per heavy atom. The lowest BCUT2D eigenvalue weighted by molar-refractivity contribution is 0.669. The molecule has 0 fully saturated rings. The summed E-state index contributed by atoms with van der Waals surface area (Å²) in [6.07, 6.45) is 0. The first kappa shape index (κ1) is 28.0. The van der Waals surface area contributed by atoms with E-state index in [0.29, 0.717) is 0 Å². The van der Waals surface area contributed by atoms with Crippen molar-refractivity contribution in [3.63, 3.8) is 0 Å². The van der Waals surface area contributed by atoms with Crippen molar-refractivity contribution in [2.24, 2.45) is 0 Å². The minimum atomic E-state index is 0.879. The second kappa shape index (κ2) is 10.8. The van der Waals surface area contributed by atoms with E-state index in [2.05, 4.69) is 191 Å². The van der Waals surface area contributed by atoms with Crippen LogP contribution in [0, 0.1) is 0 Å². The van der Waals surface area contributed by atoms with Gasteiger partial charge in [0.2, 0.25) is 0 Å². The molecule has 3 heterocycles. The molecule has 8 aromatic carbocycles. The monoisotopic (exact) mass is 650 g/mol. The van der Waals surface area contributed by atoms with E-state index in [1.807, 2.05) is 0 Å². The molecule has 0 aliphatic heterocycles. The Kier molecular flexibility index (Phi) is 5.96. The summed E-state index contributed by atoms with van der Waals surface area (Å²) < 4.78 is 11.4. The van der Waals surface area contributed by atoms with Gasteiger partial charge >= 0.3 is 0 Å². The molecule has 51 heavy (non-hydrogen) atoms. The summed E-state index contributed by atoms with van der Waals surface area (Å²) in [6.45, 7) is 0. The molecule has 0 spiro atoms. The van der Waals surface area contributed by atoms with Crippen molar-refractivity contribution in [3.05, 3.63) is 182 Å². The van der Waals surface area contributed by atoms with Gasteiger partial charge in [-0.05, 0) is 82.9 Å². The van der Waals surface area contributed by atoms with Crippen molar-refractivity contribution in [3.8, 4) is 33.6 Å². The third-order valence-electron chi connectivity index (χ3n) is 10.5. The number of hydrogen-bond acceptors (Lipinski definition) is 1. The van der Waals surface area contributed by atoms with E-state index in [-0.39, 0.29) is 0 Å². The van der Waals surface area contributed by atoms with E-state index in [0.717, 1.165) is 44.4 Å². The lowest BCUT2D eigenvalue weighted by atomic mass is 9.94. The fourth-order valence-electron chi connectivity index (χ4n) is 8.33. The first-order chi connectivity index (χ1) is 25.3. The molecule has 0 N–H and O–H groups in total. The molecule has 11 rings (SSSR count). The van der Waals surface area contributed by atoms with Gasteiger partial charge in [-0.15, -0.1) is 0 Å². The molecule has 3 heteroatoms. The third-order valence-corrected chi connectivity index (χ3v) is 10.5. The van der Waals surface area contributed by atoms with Crippen molar-refractivity contribution in [2.45, 2.75) is 0 Å². The molecule has 11 aromatic rings. The first-order valence-electron chi connectivity index (χ1n) is 17.4. The van der Waals surface area contributed by atoms with E-state index in [4.69, 9.17) is 4.42 Å². The summed E-state index contributed by atoms with van der Waals surface area (Å²) in [6, 6.07) is 65.4. The summed E-state index contributed by atoms with van der Waals surface area (Å²) in [7, 11) is 0. The number of hydrogen-bond donors (Lipinski definition) is 0. The molecule has 0 atom stereocenters. The van der Waals surface area contributed by atoms with Crippen LogP contribution in [0.4, 0.5) is 0 Å². The standard InChI is InChI=1S/C48H30N2O/c1-2-13-31(14-3-1)34-15-4-5-16-35(34)32-25-28-46-40(29-32)48-45(23-12-24-47(48)51-46)50-43-22-11-8-19-38(43)39-30-33(26-27-44(39)50)49-41-20-9-6-17-36(41)37-18-7-10-21-42(37)49/h1-30H. The van der Waals surface area contributed by atoms with Crippen LogP contribution in [0.3, 0.4) is 0 Å². The van der Waals surface area contributed by atoms with E-state index in [9.17, 15) is 0 Å². The van der Waals surface area contributed by atoms with E-state index in [1.54, 1.807) is 0 Å². The third kappa shape index (κ3) is 4.12. The van der Waals surface area contributed by atoms with Gasteiger partial charge in [-0.25, -0.2) is 0 Å². The van der Waals surface area contributed by atoms with Crippen LogP contribution in [0.15, 0.2) is 186 Å². The Morgan fingerprint density at radius 2 is 0.922 bits per heavy atom. The minimum Gasteiger partial charge on any atom is -0.456 e. The van der Waals surface area contributed by atoms with E-state index < -0.39 is 0 Å². The molecule has 0 bridgehead atoms. The average Bonchev–Trinajstić information content (AvgIpc) is 3.85. The molecular formula is C48H30N2O. The molecule has 0 unspecified atom stereocenters. The zero-order chi connectivity index (χ0) is 33.5. The van der Waals surface area contributed by atoms with Crippen LogP contribution in [-0.4, -0.2) is 9.13 Å². The van der Waals surface area contributed by atoms with Crippen LogP contribution in [0.5, 0.6) is 0 Å². The largest absolute Gasteiger partial charge is 0.456 e. The van der Waals surface area contributed by atoms with Gasteiger partial charge in [0.15, 0.2) is 0 Å². The highest BCUT2D eigenvalue weighted by Gasteiger charge is 2.20. The van der Waals surface area contributed by atoms with Crippen molar-refractivity contribution in [2.75, 3.05) is 0 Å². The van der Waals surface area contributed by atoms with Crippen LogP contribution >= 0.6 is 0 Å². The van der Waals surface area contributed by atoms with E-state index >= 15 is 0 Å². The van der Waals surface area contributed by atoms with Gasteiger partial charge in [-0.2, -0.15) is 0 Å². The Labute approximate surface area is 293 Å². The van der Waals surface area contributed by atoms with Gasteiger partial charge in [-0.3, -0.25) is 0 Å². The summed E-state index contributed by atoms with van der Waals surface area (Å²) in [4.78, 5) is 0. The molecule has 238 valence electrons. The highest BCUT2D eigenvalue weighted by atomic mass is 16.3. The van der Waals surface area contributed by atoms with Gasteiger partial charge in [0, 0.05) is 32.6 Å². The maximum absolute atomic E-state index is 6.55. The lowest BCUT2D eigenvalue weighted by Crippen LogP contribution is -1.96. The van der Waals surface area contributed by atoms with Crippen LogP contribution in [0.2, 0.25) is 0 Å². The number of fused-ring (bicyclic) bond motifs is 9. The summed E-state index contributed by atoms with van der Waals surface area (Å²) in [5.41, 5.74) is 13.5. The summed E-state index contributed by atoms with van der Waals surface area (Å²) >= 11 is 0. The zero-order valence-corrected chi connectivity index (χ0v) is 27.6. The van der Waals surface area contributed by atoms with Gasteiger partial charge in [-0.1, -0.05) is 121 Å². The number of rotatable bonds is 4. The Balaban J connectivity index is 1.16. The van der Waals surface area contributed by atoms with Crippen LogP contribution in [0.25, 0.3) is 99.2 Å². The van der Waals surface area contributed by atoms with Crippen molar-refractivity contribution >= 4 is 65.6 Å². The Bertz CT molecular complexity index is 3090. The highest BCUT2D eigenvalue weighted by Crippen LogP contribution is 2.42. The van der Waals surface area contributed by atoms with E-state index in [1.165, 1.54) is 54.8 Å². The molecule has 0 amide bonds. The highest BCUT2D eigenvalue weighted by molar-refractivity contribution is 6.16. The zero-order valence-electron chi connectivity index (χ0n) is 27.6. The predicted molar refractivity (Wildman–Crippen MR) is 213 cm³/mol. The second-order valence-corrected chi connectivity index (χ2v) is 13.3. The van der Waals surface area contributed by atoms with Crippen LogP contribution < -0.4 is 0 Å². The molecule has 0 aliphatic carbocycles. The molecule has 0 radical (unpaired) electrons. The average molecular weight is 651 g/mol. The SMILES string of the molecule is c1ccc(-c2ccccc2-c2ccc3oc4cccc(-n5c6ccccc6c6cc(-n7c8ccccc8c8ccccc87)ccc65)c4c3c2)cc1. The number of nitrogens with zero attached hydrogens (tertiary/aromatic N) is 2. The maximum Gasteiger partial charge on any atom is 0.137 e. The Morgan fingerprint density at radius 1 is 0.333 bits per heavy atom. The van der Waals surface area contributed by atoms with Gasteiger partial charge in [0.05, 0.1) is 33.1 Å². The quantitative estimate of drug-likeness (QED) is 0.186. The predicted octanol–water partition coefficient (Wildman–Crippen LogP) is 13.1. The van der Waals surface area contributed by atoms with Crippen molar-refractivity contribution in [1.29, 1.82) is 0 Å². The Hall–Kier alpha value is -6.84. The minimum absolute atomic E-state index is 0.879. The van der Waals surface area contributed by atoms with Gasteiger partial charge in [0.1, 0.15) is 11.2 Å². The number of para-hydroxylation sites is 3.